The molecule has 0 aliphatic carbocycles. The summed E-state index contributed by atoms with van der Waals surface area (Å²) >= 11 is 0. The molecule has 1 aliphatic heterocycles. The number of ether oxygens (including phenoxy) is 1. The quantitative estimate of drug-likeness (QED) is 0.814. The van der Waals surface area contributed by atoms with Crippen molar-refractivity contribution < 1.29 is 13.9 Å². The molecule has 0 bridgehead atoms. The summed E-state index contributed by atoms with van der Waals surface area (Å²) in [5.74, 6) is 0.777. The molecule has 0 N–H and O–H groups in total. The van der Waals surface area contributed by atoms with Crippen LogP contribution in [0.3, 0.4) is 0 Å². The minimum Gasteiger partial charge on any atom is -0.490 e. The summed E-state index contributed by atoms with van der Waals surface area (Å²) in [4.78, 5) is 36.9. The predicted octanol–water partition coefficient (Wildman–Crippen LogP) is 0.726. The maximum absolute atomic E-state index is 12.5. The average Bonchev–Trinajstić information content (AvgIpc) is 2.56. The third kappa shape index (κ3) is 3.96. The SMILES string of the molecule is Cc1cc(OC2CCN(C(=O)c3ccc(=O)n(C)n3)CC2)cc(=O)o1. The van der Waals surface area contributed by atoms with E-state index in [4.69, 9.17) is 9.15 Å². The fourth-order valence-electron chi connectivity index (χ4n) is 2.79. The van der Waals surface area contributed by atoms with Crippen LogP contribution < -0.4 is 15.9 Å². The molecule has 0 unspecified atom stereocenters. The third-order valence-electron chi connectivity index (χ3n) is 4.08. The fraction of sp³-hybridized carbons (Fsp3) is 0.412. The van der Waals surface area contributed by atoms with Gasteiger partial charge in [0.05, 0.1) is 6.07 Å². The van der Waals surface area contributed by atoms with Crippen molar-refractivity contribution in [3.8, 4) is 5.75 Å². The summed E-state index contributed by atoms with van der Waals surface area (Å²) in [5.41, 5.74) is -0.451. The largest absolute Gasteiger partial charge is 0.490 e. The highest BCUT2D eigenvalue weighted by molar-refractivity contribution is 5.92. The Morgan fingerprint density at radius 3 is 2.60 bits per heavy atom. The molecule has 0 aromatic carbocycles. The Labute approximate surface area is 143 Å². The third-order valence-corrected chi connectivity index (χ3v) is 4.08. The van der Waals surface area contributed by atoms with Crippen LogP contribution in [0, 0.1) is 6.92 Å². The number of nitrogens with zero attached hydrogens (tertiary/aromatic N) is 3. The van der Waals surface area contributed by atoms with Gasteiger partial charge in [0.1, 0.15) is 23.3 Å². The summed E-state index contributed by atoms with van der Waals surface area (Å²) in [7, 11) is 1.51. The van der Waals surface area contributed by atoms with Gasteiger partial charge in [0.15, 0.2) is 0 Å². The average molecular weight is 345 g/mol. The number of hydrogen-bond acceptors (Lipinski definition) is 6. The van der Waals surface area contributed by atoms with Crippen molar-refractivity contribution in [1.29, 1.82) is 0 Å². The molecule has 0 spiro atoms. The Morgan fingerprint density at radius 1 is 1.24 bits per heavy atom. The van der Waals surface area contributed by atoms with E-state index in [-0.39, 0.29) is 23.3 Å². The van der Waals surface area contributed by atoms with Crippen molar-refractivity contribution in [1.82, 2.24) is 14.7 Å². The molecule has 0 atom stereocenters. The topological polar surface area (TPSA) is 94.6 Å². The molecule has 0 radical (unpaired) electrons. The Morgan fingerprint density at radius 2 is 1.96 bits per heavy atom. The van der Waals surface area contributed by atoms with Crippen molar-refractivity contribution in [2.24, 2.45) is 7.05 Å². The maximum atomic E-state index is 12.5. The predicted molar refractivity (Wildman–Crippen MR) is 88.7 cm³/mol. The molecule has 3 heterocycles. The summed E-state index contributed by atoms with van der Waals surface area (Å²) in [6.45, 7) is 2.73. The number of carbonyl (C=O) groups is 1. The minimum absolute atomic E-state index is 0.0710. The van der Waals surface area contributed by atoms with Gasteiger partial charge >= 0.3 is 5.63 Å². The van der Waals surface area contributed by atoms with Crippen LogP contribution in [0.15, 0.2) is 38.3 Å². The van der Waals surface area contributed by atoms with E-state index in [9.17, 15) is 14.4 Å². The number of piperidine rings is 1. The van der Waals surface area contributed by atoms with E-state index in [1.54, 1.807) is 17.9 Å². The van der Waals surface area contributed by atoms with Gasteiger partial charge in [-0.1, -0.05) is 0 Å². The second-order valence-electron chi connectivity index (χ2n) is 6.01. The Balaban J connectivity index is 1.61. The first kappa shape index (κ1) is 16.9. The molecule has 0 saturated carbocycles. The second kappa shape index (κ2) is 6.92. The van der Waals surface area contributed by atoms with Crippen molar-refractivity contribution in [3.05, 3.63) is 56.5 Å². The number of likely N-dealkylation sites (tertiary alicyclic amines) is 1. The lowest BCUT2D eigenvalue weighted by Gasteiger charge is -2.32. The normalized spacial score (nSPS) is 15.2. The minimum atomic E-state index is -0.441. The van der Waals surface area contributed by atoms with Crippen molar-refractivity contribution in [2.75, 3.05) is 13.1 Å². The monoisotopic (exact) mass is 345 g/mol. The molecule has 1 fully saturated rings. The first-order chi connectivity index (χ1) is 11.9. The second-order valence-corrected chi connectivity index (χ2v) is 6.01. The summed E-state index contributed by atoms with van der Waals surface area (Å²) in [6, 6.07) is 5.77. The van der Waals surface area contributed by atoms with Gasteiger partial charge < -0.3 is 14.1 Å². The highest BCUT2D eigenvalue weighted by atomic mass is 16.5. The van der Waals surface area contributed by atoms with Crippen LogP contribution >= 0.6 is 0 Å². The Bertz CT molecular complexity index is 894. The van der Waals surface area contributed by atoms with Gasteiger partial charge in [-0.15, -0.1) is 0 Å². The molecule has 132 valence electrons. The number of amides is 1. The zero-order valence-corrected chi connectivity index (χ0v) is 14.1. The first-order valence-corrected chi connectivity index (χ1v) is 8.04. The lowest BCUT2D eigenvalue weighted by molar-refractivity contribution is 0.0586. The molecule has 2 aromatic heterocycles. The number of aromatic nitrogens is 2. The molecule has 1 aliphatic rings. The zero-order valence-electron chi connectivity index (χ0n) is 14.1. The number of hydrogen-bond donors (Lipinski definition) is 0. The van der Waals surface area contributed by atoms with Crippen LogP contribution in [0.25, 0.3) is 0 Å². The van der Waals surface area contributed by atoms with E-state index < -0.39 is 5.63 Å². The summed E-state index contributed by atoms with van der Waals surface area (Å²) in [6.07, 6.45) is 1.23. The first-order valence-electron chi connectivity index (χ1n) is 8.04. The Kier molecular flexibility index (Phi) is 4.69. The standard InChI is InChI=1S/C17H19N3O5/c1-11-9-13(10-16(22)24-11)25-12-5-7-20(8-6-12)17(23)14-3-4-15(21)19(2)18-14/h3-4,9-10,12H,5-8H2,1-2H3. The van der Waals surface area contributed by atoms with Gasteiger partial charge in [0, 0.05) is 45.1 Å². The zero-order chi connectivity index (χ0) is 18.0. The fourth-order valence-corrected chi connectivity index (χ4v) is 2.79. The summed E-state index contributed by atoms with van der Waals surface area (Å²) in [5, 5.41) is 3.99. The molecular weight excluding hydrogens is 326 g/mol. The van der Waals surface area contributed by atoms with Crippen LogP contribution in [-0.2, 0) is 7.05 Å². The van der Waals surface area contributed by atoms with E-state index in [1.165, 1.54) is 25.2 Å². The number of carbonyl (C=O) groups excluding carboxylic acids is 1. The van der Waals surface area contributed by atoms with Crippen molar-refractivity contribution in [3.63, 3.8) is 0 Å². The van der Waals surface area contributed by atoms with Crippen molar-refractivity contribution in [2.45, 2.75) is 25.9 Å². The molecule has 8 nitrogen and oxygen atoms in total. The van der Waals surface area contributed by atoms with Crippen molar-refractivity contribution >= 4 is 5.91 Å². The number of rotatable bonds is 3. The maximum Gasteiger partial charge on any atom is 0.339 e. The molecular formula is C17H19N3O5. The molecule has 3 rings (SSSR count). The molecule has 1 saturated heterocycles. The molecule has 1 amide bonds. The van der Waals surface area contributed by atoms with E-state index in [1.807, 2.05) is 0 Å². The van der Waals surface area contributed by atoms with E-state index in [2.05, 4.69) is 5.10 Å². The van der Waals surface area contributed by atoms with Crippen LogP contribution in [0.2, 0.25) is 0 Å². The summed E-state index contributed by atoms with van der Waals surface area (Å²) < 4.78 is 11.9. The van der Waals surface area contributed by atoms with Gasteiger partial charge in [-0.25, -0.2) is 9.48 Å². The molecule has 25 heavy (non-hydrogen) atoms. The highest BCUT2D eigenvalue weighted by Gasteiger charge is 2.25. The van der Waals surface area contributed by atoms with Gasteiger partial charge in [-0.2, -0.15) is 5.10 Å². The van der Waals surface area contributed by atoms with E-state index >= 15 is 0 Å². The van der Waals surface area contributed by atoms with Crippen LogP contribution in [0.1, 0.15) is 29.1 Å². The lowest BCUT2D eigenvalue weighted by atomic mass is 10.1. The van der Waals surface area contributed by atoms with E-state index in [0.717, 1.165) is 4.68 Å². The smallest absolute Gasteiger partial charge is 0.339 e. The highest BCUT2D eigenvalue weighted by Crippen LogP contribution is 2.19. The van der Waals surface area contributed by atoms with Gasteiger partial charge in [-0.3, -0.25) is 9.59 Å². The van der Waals surface area contributed by atoms with Crippen LogP contribution in [-0.4, -0.2) is 39.8 Å². The van der Waals surface area contributed by atoms with Gasteiger partial charge in [0.25, 0.3) is 11.5 Å². The van der Waals surface area contributed by atoms with Crippen LogP contribution in [0.5, 0.6) is 5.75 Å². The Hall–Kier alpha value is -2.90. The molecule has 2 aromatic rings. The van der Waals surface area contributed by atoms with Gasteiger partial charge in [-0.05, 0) is 13.0 Å². The lowest BCUT2D eigenvalue weighted by Crippen LogP contribution is -2.42. The molecule has 8 heteroatoms. The van der Waals surface area contributed by atoms with E-state index in [0.29, 0.717) is 37.4 Å². The van der Waals surface area contributed by atoms with Gasteiger partial charge in [0.2, 0.25) is 0 Å². The number of aryl methyl sites for hydroxylation is 2. The van der Waals surface area contributed by atoms with Crippen LogP contribution in [0.4, 0.5) is 0 Å².